The highest BCUT2D eigenvalue weighted by Gasteiger charge is 2.28. The SMILES string of the molecule is C#CCOc1ccc2c(c1)c1c(-c3ccc(C#C)cc3)c3c(c(-c4ccc(C#C)cc4)c1n2CC#C)c1cc(OCC#C)ccc1n3CC#C. The van der Waals surface area contributed by atoms with E-state index < -0.39 is 0 Å². The molecule has 2 aromatic heterocycles. The fourth-order valence-corrected chi connectivity index (χ4v) is 6.90. The van der Waals surface area contributed by atoms with E-state index in [1.807, 2.05) is 84.9 Å². The molecule has 0 fully saturated rings. The standard InChI is InChI=1S/C46H28N2O2/c1-7-25-47-39-23-21-35(49-27-9-3)29-37(39)43-42(34-19-15-32(12-6)16-20-34)46-44(41(45(43)47)33-17-13-31(11-5)14-18-33)38-30-36(50-28-10-4)22-24-40(38)48(46)26-8-2/h1-6,13-24,29-30H,25-28H2. The summed E-state index contributed by atoms with van der Waals surface area (Å²) in [5.74, 6) is 17.7. The molecule has 50 heavy (non-hydrogen) atoms. The molecular formula is C46H28N2O2. The van der Waals surface area contributed by atoms with Crippen molar-refractivity contribution in [3.63, 3.8) is 0 Å². The molecule has 7 rings (SSSR count). The highest BCUT2D eigenvalue weighted by molar-refractivity contribution is 6.32. The first kappa shape index (κ1) is 31.3. The fraction of sp³-hybridized carbons (Fsp3) is 0.0870. The first-order chi connectivity index (χ1) is 24.6. The van der Waals surface area contributed by atoms with Gasteiger partial charge in [-0.1, -0.05) is 59.8 Å². The van der Waals surface area contributed by atoms with Gasteiger partial charge < -0.3 is 18.6 Å². The topological polar surface area (TPSA) is 28.3 Å². The van der Waals surface area contributed by atoms with Gasteiger partial charge in [0, 0.05) is 43.8 Å². The first-order valence-corrected chi connectivity index (χ1v) is 15.8. The Morgan fingerprint density at radius 3 is 1.22 bits per heavy atom. The molecule has 0 saturated heterocycles. The van der Waals surface area contributed by atoms with Crippen molar-refractivity contribution in [2.45, 2.75) is 13.1 Å². The lowest BCUT2D eigenvalue weighted by Gasteiger charge is -2.17. The second kappa shape index (κ2) is 13.0. The third-order valence-electron chi connectivity index (χ3n) is 8.87. The predicted molar refractivity (Wildman–Crippen MR) is 206 cm³/mol. The number of hydrogen-bond donors (Lipinski definition) is 0. The molecule has 0 N–H and O–H groups in total. The summed E-state index contributed by atoms with van der Waals surface area (Å²) < 4.78 is 16.3. The summed E-state index contributed by atoms with van der Waals surface area (Å²) in [4.78, 5) is 0. The average molecular weight is 641 g/mol. The number of rotatable bonds is 8. The van der Waals surface area contributed by atoms with Gasteiger partial charge in [-0.25, -0.2) is 0 Å². The smallest absolute Gasteiger partial charge is 0.148 e. The van der Waals surface area contributed by atoms with Crippen molar-refractivity contribution in [2.24, 2.45) is 0 Å². The van der Waals surface area contributed by atoms with Crippen molar-refractivity contribution in [1.82, 2.24) is 9.13 Å². The maximum atomic E-state index is 6.10. The zero-order valence-corrected chi connectivity index (χ0v) is 27.1. The van der Waals surface area contributed by atoms with Gasteiger partial charge in [-0.05, 0) is 71.8 Å². The van der Waals surface area contributed by atoms with E-state index in [1.165, 1.54) is 0 Å². The van der Waals surface area contributed by atoms with Gasteiger partial charge in [-0.2, -0.15) is 0 Å². The Labute approximate surface area is 291 Å². The maximum absolute atomic E-state index is 6.10. The van der Waals surface area contributed by atoms with Crippen LogP contribution in [0.25, 0.3) is 65.9 Å². The second-order valence-corrected chi connectivity index (χ2v) is 11.6. The zero-order chi connectivity index (χ0) is 34.8. The van der Waals surface area contributed by atoms with E-state index in [4.69, 9.17) is 48.0 Å². The molecule has 0 atom stereocenters. The molecule has 7 aromatic rings. The lowest BCUT2D eigenvalue weighted by Crippen LogP contribution is -2.00. The molecule has 5 aromatic carbocycles. The maximum Gasteiger partial charge on any atom is 0.148 e. The Kier molecular flexibility index (Phi) is 8.16. The van der Waals surface area contributed by atoms with E-state index in [-0.39, 0.29) is 13.2 Å². The van der Waals surface area contributed by atoms with Crippen LogP contribution in [0.15, 0.2) is 84.9 Å². The van der Waals surface area contributed by atoms with Crippen LogP contribution in [0.3, 0.4) is 0 Å². The Hall–Kier alpha value is -7.34. The summed E-state index contributed by atoms with van der Waals surface area (Å²) in [7, 11) is 0. The predicted octanol–water partition coefficient (Wildman–Crippen LogP) is 8.49. The Bertz CT molecular complexity index is 2550. The lowest BCUT2D eigenvalue weighted by molar-refractivity contribution is 0.371. The molecule has 4 heteroatoms. The van der Waals surface area contributed by atoms with E-state index in [1.54, 1.807) is 0 Å². The van der Waals surface area contributed by atoms with Gasteiger partial charge in [-0.3, -0.25) is 0 Å². The fourth-order valence-electron chi connectivity index (χ4n) is 6.90. The van der Waals surface area contributed by atoms with Crippen LogP contribution in [0.2, 0.25) is 0 Å². The highest BCUT2D eigenvalue weighted by Crippen LogP contribution is 2.51. The van der Waals surface area contributed by atoms with E-state index >= 15 is 0 Å². The number of fused-ring (bicyclic) bond motifs is 6. The molecule has 0 saturated carbocycles. The molecule has 0 amide bonds. The third kappa shape index (κ3) is 5.04. The van der Waals surface area contributed by atoms with E-state index in [0.717, 1.165) is 77.0 Å². The number of hydrogen-bond acceptors (Lipinski definition) is 2. The highest BCUT2D eigenvalue weighted by atomic mass is 16.5. The van der Waals surface area contributed by atoms with Crippen molar-refractivity contribution >= 4 is 43.6 Å². The van der Waals surface area contributed by atoms with E-state index in [0.29, 0.717) is 24.6 Å². The Balaban J connectivity index is 1.81. The molecule has 0 aliphatic carbocycles. The van der Waals surface area contributed by atoms with Crippen LogP contribution < -0.4 is 9.47 Å². The molecule has 0 spiro atoms. The van der Waals surface area contributed by atoms with Crippen LogP contribution in [-0.2, 0) is 13.1 Å². The normalized spacial score (nSPS) is 10.6. The number of benzene rings is 5. The molecule has 0 radical (unpaired) electrons. The number of ether oxygens (including phenoxy) is 2. The van der Waals surface area contributed by atoms with E-state index in [2.05, 4.69) is 44.7 Å². The van der Waals surface area contributed by atoms with Crippen LogP contribution in [0.1, 0.15) is 11.1 Å². The summed E-state index contributed by atoms with van der Waals surface area (Å²) in [6.45, 7) is 0.875. The number of nitrogens with zero attached hydrogens (tertiary/aromatic N) is 2. The molecule has 0 unspecified atom stereocenters. The molecule has 0 bridgehead atoms. The largest absolute Gasteiger partial charge is 0.481 e. The van der Waals surface area contributed by atoms with Gasteiger partial charge >= 0.3 is 0 Å². The molecule has 234 valence electrons. The Morgan fingerprint density at radius 2 is 0.880 bits per heavy atom. The van der Waals surface area contributed by atoms with Crippen molar-refractivity contribution in [3.8, 4) is 108 Å². The molecular weight excluding hydrogens is 613 g/mol. The van der Waals surface area contributed by atoms with Crippen molar-refractivity contribution in [2.75, 3.05) is 13.2 Å². The van der Waals surface area contributed by atoms with Gasteiger partial charge in [0.05, 0.1) is 35.2 Å². The van der Waals surface area contributed by atoms with Crippen molar-refractivity contribution in [1.29, 1.82) is 0 Å². The summed E-state index contributed by atoms with van der Waals surface area (Å²) in [6.07, 6.45) is 34.9. The number of aromatic nitrogens is 2. The average Bonchev–Trinajstić information content (AvgIpc) is 3.64. The number of terminal acetylenes is 6. The van der Waals surface area contributed by atoms with Gasteiger partial charge in [0.15, 0.2) is 0 Å². The monoisotopic (exact) mass is 640 g/mol. The molecule has 2 heterocycles. The van der Waals surface area contributed by atoms with Gasteiger partial charge in [0.1, 0.15) is 24.7 Å². The van der Waals surface area contributed by atoms with Crippen LogP contribution in [-0.4, -0.2) is 22.3 Å². The van der Waals surface area contributed by atoms with Gasteiger partial charge in [0.25, 0.3) is 0 Å². The Morgan fingerprint density at radius 1 is 0.480 bits per heavy atom. The summed E-state index contributed by atoms with van der Waals surface area (Å²) in [6, 6.07) is 27.9. The van der Waals surface area contributed by atoms with Crippen LogP contribution in [0, 0.1) is 74.1 Å². The summed E-state index contributed by atoms with van der Waals surface area (Å²) >= 11 is 0. The van der Waals surface area contributed by atoms with Crippen molar-refractivity contribution < 1.29 is 9.47 Å². The minimum Gasteiger partial charge on any atom is -0.481 e. The van der Waals surface area contributed by atoms with Crippen molar-refractivity contribution in [3.05, 3.63) is 96.1 Å². The first-order valence-electron chi connectivity index (χ1n) is 15.8. The van der Waals surface area contributed by atoms with Crippen LogP contribution in [0.4, 0.5) is 0 Å². The third-order valence-corrected chi connectivity index (χ3v) is 8.87. The second-order valence-electron chi connectivity index (χ2n) is 11.6. The van der Waals surface area contributed by atoms with Gasteiger partial charge in [0.2, 0.25) is 0 Å². The van der Waals surface area contributed by atoms with E-state index in [9.17, 15) is 0 Å². The van der Waals surface area contributed by atoms with Crippen LogP contribution >= 0.6 is 0 Å². The quantitative estimate of drug-likeness (QED) is 0.156. The van der Waals surface area contributed by atoms with Crippen LogP contribution in [0.5, 0.6) is 11.5 Å². The molecule has 4 nitrogen and oxygen atoms in total. The molecule has 0 aliphatic rings. The summed E-state index contributed by atoms with van der Waals surface area (Å²) in [5.41, 5.74) is 9.14. The zero-order valence-electron chi connectivity index (χ0n) is 27.1. The van der Waals surface area contributed by atoms with Gasteiger partial charge in [-0.15, -0.1) is 38.5 Å². The summed E-state index contributed by atoms with van der Waals surface area (Å²) in [5, 5.41) is 3.84. The minimum absolute atomic E-state index is 0.131. The molecule has 0 aliphatic heterocycles. The minimum atomic E-state index is 0.131. The lowest BCUT2D eigenvalue weighted by atomic mass is 9.89.